The predicted octanol–water partition coefficient (Wildman–Crippen LogP) is 4.04. The summed E-state index contributed by atoms with van der Waals surface area (Å²) in [5.41, 5.74) is 2.32. The number of aliphatic imine (C=N–C) groups is 2. The van der Waals surface area contributed by atoms with Crippen molar-refractivity contribution in [2.45, 2.75) is 50.5 Å². The first-order chi connectivity index (χ1) is 18.7. The number of para-hydroxylation sites is 1. The normalized spacial score (nSPS) is 17.3. The number of carboxylic acid groups (broad SMARTS) is 1. The fourth-order valence-electron chi connectivity index (χ4n) is 4.66. The number of carboxylic acids is 1. The molecule has 6 nitrogen and oxygen atoms in total. The van der Waals surface area contributed by atoms with Crippen LogP contribution in [0.1, 0.15) is 42.4 Å². The summed E-state index contributed by atoms with van der Waals surface area (Å²) in [4.78, 5) is 22.5. The second kappa shape index (κ2) is 14.2. The van der Waals surface area contributed by atoms with Crippen LogP contribution in [-0.4, -0.2) is 47.3 Å². The molecule has 0 aromatic heterocycles. The van der Waals surface area contributed by atoms with Crippen LogP contribution in [0.5, 0.6) is 0 Å². The van der Waals surface area contributed by atoms with Gasteiger partial charge in [-0.25, -0.2) is 0 Å². The minimum absolute atomic E-state index is 0. The van der Waals surface area contributed by atoms with E-state index in [4.69, 9.17) is 0 Å². The van der Waals surface area contributed by atoms with Gasteiger partial charge in [0.05, 0.1) is 23.4 Å². The van der Waals surface area contributed by atoms with Crippen LogP contribution in [0.15, 0.2) is 94.9 Å². The fourth-order valence-corrected chi connectivity index (χ4v) is 4.66. The van der Waals surface area contributed by atoms with Crippen molar-refractivity contribution < 1.29 is 44.7 Å². The molecule has 3 aromatic carbocycles. The number of carbonyl (C=O) groups is 1. The molecular weight excluding hydrogens is 566 g/mol. The van der Waals surface area contributed by atoms with Gasteiger partial charge < -0.3 is 15.0 Å². The Morgan fingerprint density at radius 1 is 0.950 bits per heavy atom. The number of aliphatic carboxylic acids is 1. The molecule has 0 N–H and O–H groups in total. The van der Waals surface area contributed by atoms with Gasteiger partial charge in [-0.3, -0.25) is 14.9 Å². The standard InChI is InChI=1S/C30H30F3N3O3.Ni/c31-30(32,33)18-17-25(29(38)39)34-27(22-12-5-2-6-13-22)23-14-7-8-15-24(23)35-28(37)26-16-9-19-36(26)20-21-10-3-1-4-11-21;/h1-8,10-15,25-26H,9,16-20H2,(H,35,37)(H,38,39);/q;+2/p-2/t25-,26-;/m0./s1. The molecule has 1 saturated heterocycles. The van der Waals surface area contributed by atoms with Crippen molar-refractivity contribution in [2.75, 3.05) is 6.54 Å². The Labute approximate surface area is 241 Å². The van der Waals surface area contributed by atoms with Gasteiger partial charge in [0.2, 0.25) is 0 Å². The maximum atomic E-state index is 13.4. The summed E-state index contributed by atoms with van der Waals surface area (Å²) < 4.78 is 38.6. The van der Waals surface area contributed by atoms with Crippen LogP contribution in [0.4, 0.5) is 18.9 Å². The van der Waals surface area contributed by atoms with Crippen molar-refractivity contribution >= 4 is 23.3 Å². The summed E-state index contributed by atoms with van der Waals surface area (Å²) in [6.07, 6.45) is -5.12. The SMILES string of the molecule is O=C([O-])[C@H](CCC(F)(F)F)N=C(c1ccccc1)c1ccccc1N=C([O-])[C@@H]1CCCN1Cc1ccccc1.[Ni+2]. The number of alkyl halides is 3. The second-order valence-corrected chi connectivity index (χ2v) is 9.41. The average Bonchev–Trinajstić information content (AvgIpc) is 3.38. The smallest absolute Gasteiger partial charge is 0.861 e. The number of carbonyl (C=O) groups excluding carboxylic acids is 1. The van der Waals surface area contributed by atoms with Gasteiger partial charge in [-0.1, -0.05) is 78.9 Å². The molecule has 0 saturated carbocycles. The molecule has 2 atom stereocenters. The molecule has 1 heterocycles. The van der Waals surface area contributed by atoms with E-state index in [2.05, 4.69) is 14.9 Å². The maximum Gasteiger partial charge on any atom is 2.00 e. The number of rotatable bonds is 10. The monoisotopic (exact) mass is 593 g/mol. The van der Waals surface area contributed by atoms with Crippen LogP contribution in [0.25, 0.3) is 0 Å². The van der Waals surface area contributed by atoms with Crippen LogP contribution in [0.3, 0.4) is 0 Å². The molecule has 212 valence electrons. The molecule has 1 aliphatic heterocycles. The van der Waals surface area contributed by atoms with Crippen molar-refractivity contribution in [1.29, 1.82) is 0 Å². The Morgan fingerprint density at radius 2 is 1.57 bits per heavy atom. The minimum Gasteiger partial charge on any atom is -0.861 e. The van der Waals surface area contributed by atoms with Crippen LogP contribution in [-0.2, 0) is 27.8 Å². The van der Waals surface area contributed by atoms with E-state index in [1.54, 1.807) is 54.6 Å². The molecule has 0 amide bonds. The van der Waals surface area contributed by atoms with Gasteiger partial charge in [0, 0.05) is 30.1 Å². The van der Waals surface area contributed by atoms with Gasteiger partial charge in [0.1, 0.15) is 0 Å². The third kappa shape index (κ3) is 8.50. The quantitative estimate of drug-likeness (QED) is 0.202. The van der Waals surface area contributed by atoms with E-state index in [-0.39, 0.29) is 33.8 Å². The molecule has 0 aliphatic carbocycles. The molecule has 0 unspecified atom stereocenters. The first-order valence-electron chi connectivity index (χ1n) is 12.7. The number of halogens is 3. The van der Waals surface area contributed by atoms with Crippen LogP contribution in [0.2, 0.25) is 0 Å². The van der Waals surface area contributed by atoms with Crippen molar-refractivity contribution in [3.8, 4) is 0 Å². The topological polar surface area (TPSA) is 91.1 Å². The Bertz CT molecular complexity index is 1320. The van der Waals surface area contributed by atoms with E-state index >= 15 is 0 Å². The molecular formula is C30H28F3N3NiO3. The molecule has 40 heavy (non-hydrogen) atoms. The Kier molecular flexibility index (Phi) is 11.0. The van der Waals surface area contributed by atoms with Crippen molar-refractivity contribution in [2.24, 2.45) is 9.98 Å². The summed E-state index contributed by atoms with van der Waals surface area (Å²) in [5, 5.41) is 25.2. The van der Waals surface area contributed by atoms with Gasteiger partial charge in [-0.2, -0.15) is 13.2 Å². The zero-order valence-corrected chi connectivity index (χ0v) is 22.5. The molecule has 0 bridgehead atoms. The first kappa shape index (κ1) is 31.0. The van der Waals surface area contributed by atoms with Crippen molar-refractivity contribution in [1.82, 2.24) is 4.90 Å². The van der Waals surface area contributed by atoms with Crippen LogP contribution >= 0.6 is 0 Å². The summed E-state index contributed by atoms with van der Waals surface area (Å²) >= 11 is 0. The molecule has 1 aliphatic rings. The fraction of sp³-hybridized carbons (Fsp3) is 0.300. The zero-order chi connectivity index (χ0) is 27.8. The molecule has 0 radical (unpaired) electrons. The van der Waals surface area contributed by atoms with E-state index in [0.717, 1.165) is 18.5 Å². The Morgan fingerprint density at radius 3 is 2.23 bits per heavy atom. The molecule has 1 fully saturated rings. The van der Waals surface area contributed by atoms with Crippen molar-refractivity contribution in [3.63, 3.8) is 0 Å². The van der Waals surface area contributed by atoms with Gasteiger partial charge in [0.25, 0.3) is 0 Å². The van der Waals surface area contributed by atoms with Gasteiger partial charge >= 0.3 is 22.7 Å². The summed E-state index contributed by atoms with van der Waals surface area (Å²) in [6, 6.07) is 22.8. The van der Waals surface area contributed by atoms with Gasteiger partial charge in [-0.05, 0) is 43.3 Å². The minimum atomic E-state index is -4.54. The largest absolute Gasteiger partial charge is 2.00 e. The maximum absolute atomic E-state index is 13.4. The number of nitrogens with zero attached hydrogens (tertiary/aromatic N) is 3. The summed E-state index contributed by atoms with van der Waals surface area (Å²) in [5.74, 6) is -2.04. The summed E-state index contributed by atoms with van der Waals surface area (Å²) in [7, 11) is 0. The van der Waals surface area contributed by atoms with E-state index in [1.807, 2.05) is 30.3 Å². The third-order valence-corrected chi connectivity index (χ3v) is 6.57. The summed E-state index contributed by atoms with van der Waals surface area (Å²) in [6.45, 7) is 1.36. The molecule has 0 spiro atoms. The van der Waals surface area contributed by atoms with E-state index in [9.17, 15) is 28.2 Å². The van der Waals surface area contributed by atoms with E-state index in [1.165, 1.54) is 0 Å². The third-order valence-electron chi connectivity index (χ3n) is 6.57. The van der Waals surface area contributed by atoms with E-state index < -0.39 is 37.1 Å². The number of hydrogen-bond acceptors (Lipinski definition) is 6. The average molecular weight is 594 g/mol. The van der Waals surface area contributed by atoms with Crippen LogP contribution in [0, 0.1) is 0 Å². The molecule has 4 rings (SSSR count). The predicted molar refractivity (Wildman–Crippen MR) is 140 cm³/mol. The number of hydrogen-bond donors (Lipinski definition) is 0. The molecule has 10 heteroatoms. The first-order valence-corrected chi connectivity index (χ1v) is 12.7. The van der Waals surface area contributed by atoms with Gasteiger partial charge in [0.15, 0.2) is 0 Å². The van der Waals surface area contributed by atoms with Crippen LogP contribution < -0.4 is 10.2 Å². The Hall–Kier alpha value is -3.49. The Balaban J connectivity index is 0.00000441. The van der Waals surface area contributed by atoms with Crippen molar-refractivity contribution in [3.05, 3.63) is 102 Å². The molecule has 3 aromatic rings. The second-order valence-electron chi connectivity index (χ2n) is 9.41. The van der Waals surface area contributed by atoms with Gasteiger partial charge in [-0.15, -0.1) is 0 Å². The zero-order valence-electron chi connectivity index (χ0n) is 21.5. The van der Waals surface area contributed by atoms with E-state index in [0.29, 0.717) is 24.1 Å². The number of likely N-dealkylation sites (tertiary alicyclic amines) is 1. The number of benzene rings is 3.